The fraction of sp³-hybridized carbons (Fsp3) is 0.522. The third kappa shape index (κ3) is 2.57. The lowest BCUT2D eigenvalue weighted by Crippen LogP contribution is -2.45. The highest BCUT2D eigenvalue weighted by Gasteiger charge is 2.59. The van der Waals surface area contributed by atoms with E-state index in [-0.39, 0.29) is 31.1 Å². The number of amides is 1. The maximum atomic E-state index is 14.9. The van der Waals surface area contributed by atoms with Crippen molar-refractivity contribution in [3.63, 3.8) is 0 Å². The number of hydrogen-bond donors (Lipinski definition) is 0. The van der Waals surface area contributed by atoms with Crippen molar-refractivity contribution in [3.8, 4) is 11.5 Å². The second-order valence-electron chi connectivity index (χ2n) is 8.33. The Balaban J connectivity index is 1.68. The van der Waals surface area contributed by atoms with Gasteiger partial charge in [-0.25, -0.2) is 8.78 Å². The van der Waals surface area contributed by atoms with E-state index in [1.54, 1.807) is 6.07 Å². The lowest BCUT2D eigenvalue weighted by molar-refractivity contribution is -0.134. The van der Waals surface area contributed by atoms with Crippen molar-refractivity contribution >= 4 is 5.91 Å². The van der Waals surface area contributed by atoms with Crippen molar-refractivity contribution in [2.24, 2.45) is 0 Å². The van der Waals surface area contributed by atoms with Gasteiger partial charge in [0, 0.05) is 24.2 Å². The van der Waals surface area contributed by atoms with Gasteiger partial charge in [-0.3, -0.25) is 4.79 Å². The van der Waals surface area contributed by atoms with E-state index < -0.39 is 11.3 Å². The largest absolute Gasteiger partial charge is 0.454 e. The Kier molecular flexibility index (Phi) is 4.23. The first-order valence-corrected chi connectivity index (χ1v) is 10.5. The standard InChI is InChI=1S/C23H25F2NO3/c1-2-3-6-11-26-18-8-5-4-7-15(18)22(21(26)27)9-10-23(24,25)17-13-20-19(12-16(17)22)28-14-29-20/h4,7,12-13H,2-3,5-6,8-11,14H2,1H3. The molecule has 2 aliphatic heterocycles. The minimum atomic E-state index is -2.99. The van der Waals surface area contributed by atoms with Crippen LogP contribution in [0, 0.1) is 0 Å². The molecule has 1 aromatic rings. The maximum Gasteiger partial charge on any atom is 0.273 e. The van der Waals surface area contributed by atoms with Crippen molar-refractivity contribution in [2.45, 2.75) is 63.2 Å². The molecule has 1 aromatic carbocycles. The molecule has 0 N–H and O–H groups in total. The minimum Gasteiger partial charge on any atom is -0.454 e. The summed E-state index contributed by atoms with van der Waals surface area (Å²) < 4.78 is 40.7. The third-order valence-corrected chi connectivity index (χ3v) is 6.70. The molecule has 1 amide bonds. The van der Waals surface area contributed by atoms with E-state index in [0.717, 1.165) is 43.4 Å². The second-order valence-corrected chi connectivity index (χ2v) is 8.33. The molecule has 154 valence electrons. The number of alkyl halides is 2. The molecule has 4 nitrogen and oxygen atoms in total. The number of rotatable bonds is 4. The average molecular weight is 401 g/mol. The fourth-order valence-electron chi connectivity index (χ4n) is 5.26. The van der Waals surface area contributed by atoms with E-state index in [0.29, 0.717) is 23.6 Å². The first-order valence-electron chi connectivity index (χ1n) is 10.5. The van der Waals surface area contributed by atoms with Crippen molar-refractivity contribution in [1.29, 1.82) is 0 Å². The van der Waals surface area contributed by atoms with Crippen LogP contribution in [0.25, 0.3) is 0 Å². The Bertz CT molecular complexity index is 936. The zero-order valence-electron chi connectivity index (χ0n) is 16.6. The maximum absolute atomic E-state index is 14.9. The molecule has 0 radical (unpaired) electrons. The predicted molar refractivity (Wildman–Crippen MR) is 104 cm³/mol. The molecule has 6 heteroatoms. The van der Waals surface area contributed by atoms with Crippen LogP contribution in [0.5, 0.6) is 11.5 Å². The average Bonchev–Trinajstić information content (AvgIpc) is 3.26. The summed E-state index contributed by atoms with van der Waals surface area (Å²) in [5.41, 5.74) is 1.17. The minimum absolute atomic E-state index is 0.0156. The van der Waals surface area contributed by atoms with Gasteiger partial charge in [0.05, 0.1) is 0 Å². The predicted octanol–water partition coefficient (Wildman–Crippen LogP) is 5.18. The molecule has 0 saturated heterocycles. The van der Waals surface area contributed by atoms with Crippen LogP contribution in [0.3, 0.4) is 0 Å². The van der Waals surface area contributed by atoms with Crippen LogP contribution in [-0.2, 0) is 16.1 Å². The van der Waals surface area contributed by atoms with Crippen LogP contribution in [0.15, 0.2) is 35.6 Å². The molecule has 0 saturated carbocycles. The molecule has 0 bridgehead atoms. The molecule has 1 unspecified atom stereocenters. The number of hydrogen-bond acceptors (Lipinski definition) is 3. The smallest absolute Gasteiger partial charge is 0.273 e. The number of fused-ring (bicyclic) bond motifs is 4. The van der Waals surface area contributed by atoms with E-state index in [1.807, 2.05) is 11.0 Å². The van der Waals surface area contributed by atoms with E-state index in [9.17, 15) is 13.6 Å². The monoisotopic (exact) mass is 401 g/mol. The highest BCUT2D eigenvalue weighted by Crippen LogP contribution is 2.58. The first kappa shape index (κ1) is 18.6. The summed E-state index contributed by atoms with van der Waals surface area (Å²) in [5.74, 6) is -2.27. The normalized spacial score (nSPS) is 26.3. The molecule has 2 heterocycles. The van der Waals surface area contributed by atoms with Gasteiger partial charge in [-0.1, -0.05) is 31.9 Å². The second kappa shape index (κ2) is 6.57. The summed E-state index contributed by atoms with van der Waals surface area (Å²) >= 11 is 0. The van der Waals surface area contributed by atoms with Gasteiger partial charge in [-0.2, -0.15) is 0 Å². The molecular formula is C23H25F2NO3. The Hall–Kier alpha value is -2.37. The molecule has 4 aliphatic rings. The van der Waals surface area contributed by atoms with Gasteiger partial charge in [0.1, 0.15) is 5.41 Å². The zero-order chi connectivity index (χ0) is 20.2. The summed E-state index contributed by atoms with van der Waals surface area (Å²) in [6.45, 7) is 2.79. The van der Waals surface area contributed by atoms with Gasteiger partial charge >= 0.3 is 0 Å². The van der Waals surface area contributed by atoms with Crippen LogP contribution < -0.4 is 9.47 Å². The number of ether oxygens (including phenoxy) is 2. The molecular weight excluding hydrogens is 376 g/mol. The van der Waals surface area contributed by atoms with Crippen LogP contribution in [-0.4, -0.2) is 24.1 Å². The van der Waals surface area contributed by atoms with E-state index in [1.165, 1.54) is 6.07 Å². The quantitative estimate of drug-likeness (QED) is 0.653. The van der Waals surface area contributed by atoms with E-state index in [4.69, 9.17) is 9.47 Å². The Labute approximate surface area is 169 Å². The van der Waals surface area contributed by atoms with Crippen LogP contribution in [0.2, 0.25) is 0 Å². The van der Waals surface area contributed by atoms with Gasteiger partial charge < -0.3 is 14.4 Å². The summed E-state index contributed by atoms with van der Waals surface area (Å²) in [6, 6.07) is 3.02. The Morgan fingerprint density at radius 3 is 2.62 bits per heavy atom. The highest BCUT2D eigenvalue weighted by molar-refractivity contribution is 5.99. The van der Waals surface area contributed by atoms with Gasteiger partial charge in [-0.15, -0.1) is 0 Å². The summed E-state index contributed by atoms with van der Waals surface area (Å²) in [7, 11) is 0. The van der Waals surface area contributed by atoms with E-state index >= 15 is 0 Å². The summed E-state index contributed by atoms with van der Waals surface area (Å²) in [6.07, 6.45) is 8.50. The van der Waals surface area contributed by atoms with Crippen molar-refractivity contribution in [2.75, 3.05) is 13.3 Å². The number of nitrogens with zero attached hydrogens (tertiary/aromatic N) is 1. The zero-order valence-corrected chi connectivity index (χ0v) is 16.6. The molecule has 2 aliphatic carbocycles. The van der Waals surface area contributed by atoms with Gasteiger partial charge in [0.2, 0.25) is 12.7 Å². The molecule has 1 spiro atoms. The topological polar surface area (TPSA) is 38.8 Å². The fourth-order valence-corrected chi connectivity index (χ4v) is 5.26. The van der Waals surface area contributed by atoms with Gasteiger partial charge in [0.25, 0.3) is 5.92 Å². The van der Waals surface area contributed by atoms with Crippen molar-refractivity contribution in [1.82, 2.24) is 4.90 Å². The lowest BCUT2D eigenvalue weighted by atomic mass is 9.64. The van der Waals surface area contributed by atoms with Crippen molar-refractivity contribution in [3.05, 3.63) is 46.7 Å². The van der Waals surface area contributed by atoms with Crippen LogP contribution in [0.1, 0.15) is 63.0 Å². The van der Waals surface area contributed by atoms with E-state index in [2.05, 4.69) is 13.0 Å². The van der Waals surface area contributed by atoms with Crippen molar-refractivity contribution < 1.29 is 23.0 Å². The van der Waals surface area contributed by atoms with Crippen LogP contribution in [0.4, 0.5) is 8.78 Å². The molecule has 29 heavy (non-hydrogen) atoms. The Morgan fingerprint density at radius 2 is 1.86 bits per heavy atom. The SMILES string of the molecule is CCCCCN1C(=O)C2(CCC(F)(F)c3cc4c(cc32)OCO4)C2=C1CCC=C2. The van der Waals surface area contributed by atoms with Gasteiger partial charge in [-0.05, 0) is 49.0 Å². The number of benzene rings is 1. The molecule has 1 atom stereocenters. The number of unbranched alkanes of at least 4 members (excludes halogenated alkanes) is 2. The number of carbonyl (C=O) groups is 1. The highest BCUT2D eigenvalue weighted by atomic mass is 19.3. The molecule has 0 aromatic heterocycles. The summed E-state index contributed by atoms with van der Waals surface area (Å²) in [5, 5.41) is 0. The third-order valence-electron chi connectivity index (χ3n) is 6.70. The number of carbonyl (C=O) groups excluding carboxylic acids is 1. The number of allylic oxidation sites excluding steroid dienone is 3. The Morgan fingerprint density at radius 1 is 1.10 bits per heavy atom. The van der Waals surface area contributed by atoms with Crippen LogP contribution >= 0.6 is 0 Å². The molecule has 0 fully saturated rings. The first-order chi connectivity index (χ1) is 14.0. The lowest BCUT2D eigenvalue weighted by Gasteiger charge is -2.39. The van der Waals surface area contributed by atoms with Gasteiger partial charge in [0.15, 0.2) is 11.5 Å². The summed E-state index contributed by atoms with van der Waals surface area (Å²) in [4.78, 5) is 15.7. The number of halogens is 2. The molecule has 5 rings (SSSR count).